The molecule has 2 heterocycles. The van der Waals surface area contributed by atoms with Gasteiger partial charge in [0.25, 0.3) is 0 Å². The number of hydrogen-bond acceptors (Lipinski definition) is 6. The van der Waals surface area contributed by atoms with Gasteiger partial charge in [0, 0.05) is 42.3 Å². The number of carbonyl (C=O) groups is 1. The van der Waals surface area contributed by atoms with E-state index in [4.69, 9.17) is 32.7 Å². The number of hydrogen-bond donors (Lipinski definition) is 1. The molecule has 172 valence electrons. The molecule has 0 aliphatic carbocycles. The van der Waals surface area contributed by atoms with Crippen LogP contribution >= 0.6 is 23.2 Å². The molecular weight excluding hydrogens is 463 g/mol. The number of fused-ring (bicyclic) bond motifs is 1. The number of piperidine rings is 1. The van der Waals surface area contributed by atoms with E-state index in [2.05, 4.69) is 21.9 Å². The average Bonchev–Trinajstić information content (AvgIpc) is 2.84. The predicted molar refractivity (Wildman–Crippen MR) is 132 cm³/mol. The molecule has 1 unspecified atom stereocenters. The van der Waals surface area contributed by atoms with Gasteiger partial charge in [0.1, 0.15) is 11.5 Å². The Labute approximate surface area is 202 Å². The highest BCUT2D eigenvalue weighted by atomic mass is 35.5. The fraction of sp³-hybridized carbons (Fsp3) is 0.292. The smallest absolute Gasteiger partial charge is 0.246 e. The van der Waals surface area contributed by atoms with Gasteiger partial charge in [-0.15, -0.1) is 0 Å². The minimum absolute atomic E-state index is 0.0556. The zero-order valence-electron chi connectivity index (χ0n) is 18.4. The maximum atomic E-state index is 11.9. The molecular formula is C24H24Cl2N4O3. The molecule has 1 fully saturated rings. The quantitative estimate of drug-likeness (QED) is 0.481. The van der Waals surface area contributed by atoms with Crippen LogP contribution in [0.5, 0.6) is 11.5 Å². The third-order valence-corrected chi connectivity index (χ3v) is 6.43. The van der Waals surface area contributed by atoms with Gasteiger partial charge < -0.3 is 19.7 Å². The van der Waals surface area contributed by atoms with Crippen LogP contribution < -0.4 is 14.8 Å². The molecule has 0 spiro atoms. The van der Waals surface area contributed by atoms with Gasteiger partial charge in [-0.05, 0) is 36.6 Å². The molecule has 1 aliphatic rings. The highest BCUT2D eigenvalue weighted by molar-refractivity contribution is 6.41. The van der Waals surface area contributed by atoms with E-state index >= 15 is 0 Å². The van der Waals surface area contributed by atoms with E-state index in [-0.39, 0.29) is 11.9 Å². The Hall–Kier alpha value is -3.03. The number of amides is 1. The van der Waals surface area contributed by atoms with Gasteiger partial charge in [-0.2, -0.15) is 0 Å². The van der Waals surface area contributed by atoms with Crippen molar-refractivity contribution in [2.24, 2.45) is 0 Å². The molecule has 0 radical (unpaired) electrons. The SMILES string of the molecule is C=CC(=O)N1CCCC(Nc2ncc3cc(-c4c(Cl)c(OC)cc(OC)c4Cl)ccc3n2)C1. The second-order valence-corrected chi connectivity index (χ2v) is 8.48. The Bertz CT molecular complexity index is 1190. The van der Waals surface area contributed by atoms with Crippen LogP contribution in [0.4, 0.5) is 5.95 Å². The first-order chi connectivity index (χ1) is 15.9. The fourth-order valence-electron chi connectivity index (χ4n) is 4.00. The highest BCUT2D eigenvalue weighted by Gasteiger charge is 2.23. The molecule has 0 saturated carbocycles. The predicted octanol–water partition coefficient (Wildman–Crippen LogP) is 5.21. The van der Waals surface area contributed by atoms with Gasteiger partial charge >= 0.3 is 0 Å². The molecule has 9 heteroatoms. The Morgan fingerprint density at radius 1 is 1.21 bits per heavy atom. The molecule has 4 rings (SSSR count). The number of rotatable bonds is 6. The molecule has 1 aromatic heterocycles. The summed E-state index contributed by atoms with van der Waals surface area (Å²) in [5.74, 6) is 1.41. The molecule has 0 bridgehead atoms. The second kappa shape index (κ2) is 9.85. The van der Waals surface area contributed by atoms with E-state index in [0.29, 0.717) is 39.6 Å². The lowest BCUT2D eigenvalue weighted by Gasteiger charge is -2.32. The average molecular weight is 487 g/mol. The summed E-state index contributed by atoms with van der Waals surface area (Å²) in [4.78, 5) is 22.8. The zero-order chi connectivity index (χ0) is 23.5. The number of ether oxygens (including phenoxy) is 2. The number of methoxy groups -OCH3 is 2. The summed E-state index contributed by atoms with van der Waals surface area (Å²) in [7, 11) is 3.08. The summed E-state index contributed by atoms with van der Waals surface area (Å²) in [6.07, 6.45) is 4.96. The van der Waals surface area contributed by atoms with Gasteiger partial charge in [-0.3, -0.25) is 4.79 Å². The van der Waals surface area contributed by atoms with Gasteiger partial charge in [0.15, 0.2) is 0 Å². The standard InChI is InChI=1S/C24H24Cl2N4O3/c1-4-20(31)30-9-5-6-16(13-30)28-24-27-12-15-10-14(7-8-17(15)29-24)21-22(25)18(32-2)11-19(33-3)23(21)26/h4,7-8,10-12,16H,1,5-6,9,13H2,2-3H3,(H,27,28,29). The van der Waals surface area contributed by atoms with E-state index in [0.717, 1.165) is 35.9 Å². The van der Waals surface area contributed by atoms with Crippen molar-refractivity contribution < 1.29 is 14.3 Å². The van der Waals surface area contributed by atoms with Crippen LogP contribution in [0.3, 0.4) is 0 Å². The summed E-state index contributed by atoms with van der Waals surface area (Å²) < 4.78 is 10.8. The molecule has 33 heavy (non-hydrogen) atoms. The molecule has 1 atom stereocenters. The molecule has 3 aromatic rings. The van der Waals surface area contributed by atoms with Crippen molar-refractivity contribution in [1.82, 2.24) is 14.9 Å². The molecule has 1 N–H and O–H groups in total. The minimum atomic E-state index is -0.0556. The Kier molecular flexibility index (Phi) is 6.91. The van der Waals surface area contributed by atoms with Crippen molar-refractivity contribution in [2.75, 3.05) is 32.6 Å². The maximum absolute atomic E-state index is 11.9. The number of anilines is 1. The first kappa shape index (κ1) is 23.1. The van der Waals surface area contributed by atoms with Crippen LogP contribution in [0.15, 0.2) is 43.1 Å². The Morgan fingerprint density at radius 3 is 2.61 bits per heavy atom. The van der Waals surface area contributed by atoms with E-state index in [1.807, 2.05) is 18.2 Å². The van der Waals surface area contributed by atoms with E-state index in [9.17, 15) is 4.79 Å². The number of likely N-dealkylation sites (tertiary alicyclic amines) is 1. The number of nitrogens with zero attached hydrogens (tertiary/aromatic N) is 3. The molecule has 1 amide bonds. The summed E-state index contributed by atoms with van der Waals surface area (Å²) in [6, 6.07) is 7.46. The monoisotopic (exact) mass is 486 g/mol. The lowest BCUT2D eigenvalue weighted by atomic mass is 10.0. The van der Waals surface area contributed by atoms with Gasteiger partial charge in [-0.25, -0.2) is 9.97 Å². The van der Waals surface area contributed by atoms with Gasteiger partial charge in [-0.1, -0.05) is 35.8 Å². The number of halogens is 2. The highest BCUT2D eigenvalue weighted by Crippen LogP contribution is 2.46. The first-order valence-electron chi connectivity index (χ1n) is 10.5. The van der Waals surface area contributed by atoms with Crippen molar-refractivity contribution in [2.45, 2.75) is 18.9 Å². The summed E-state index contributed by atoms with van der Waals surface area (Å²) in [5.41, 5.74) is 2.19. The minimum Gasteiger partial charge on any atom is -0.495 e. The van der Waals surface area contributed by atoms with Crippen molar-refractivity contribution >= 4 is 46.0 Å². The topological polar surface area (TPSA) is 76.6 Å². The van der Waals surface area contributed by atoms with E-state index in [1.165, 1.54) is 6.08 Å². The van der Waals surface area contributed by atoms with Crippen LogP contribution in [0, 0.1) is 0 Å². The maximum Gasteiger partial charge on any atom is 0.246 e. The summed E-state index contributed by atoms with van der Waals surface area (Å²) in [5, 5.41) is 4.98. The number of carbonyl (C=O) groups excluding carboxylic acids is 1. The van der Waals surface area contributed by atoms with Gasteiger partial charge in [0.05, 0.1) is 29.8 Å². The van der Waals surface area contributed by atoms with Gasteiger partial charge in [0.2, 0.25) is 11.9 Å². The molecule has 2 aromatic carbocycles. The van der Waals surface area contributed by atoms with E-state index < -0.39 is 0 Å². The van der Waals surface area contributed by atoms with Crippen LogP contribution in [0.25, 0.3) is 22.0 Å². The van der Waals surface area contributed by atoms with Crippen molar-refractivity contribution in [3.8, 4) is 22.6 Å². The second-order valence-electron chi connectivity index (χ2n) is 7.72. The zero-order valence-corrected chi connectivity index (χ0v) is 19.9. The van der Waals surface area contributed by atoms with E-state index in [1.54, 1.807) is 31.4 Å². The lowest BCUT2D eigenvalue weighted by molar-refractivity contribution is -0.127. The fourth-order valence-corrected chi connectivity index (χ4v) is 4.72. The number of benzene rings is 2. The molecule has 1 aliphatic heterocycles. The number of nitrogens with one attached hydrogen (secondary N) is 1. The largest absolute Gasteiger partial charge is 0.495 e. The normalized spacial score (nSPS) is 15.9. The van der Waals surface area contributed by atoms with Crippen LogP contribution in [0.2, 0.25) is 10.0 Å². The third kappa shape index (κ3) is 4.70. The Morgan fingerprint density at radius 2 is 1.94 bits per heavy atom. The van der Waals surface area contributed by atoms with Crippen molar-refractivity contribution in [1.29, 1.82) is 0 Å². The number of aromatic nitrogens is 2. The van der Waals surface area contributed by atoms with Crippen LogP contribution in [-0.4, -0.2) is 54.1 Å². The Balaban J connectivity index is 1.62. The summed E-state index contributed by atoms with van der Waals surface area (Å²) >= 11 is 13.1. The molecule has 1 saturated heterocycles. The van der Waals surface area contributed by atoms with Crippen molar-refractivity contribution in [3.05, 3.63) is 53.2 Å². The van der Waals surface area contributed by atoms with Crippen molar-refractivity contribution in [3.63, 3.8) is 0 Å². The summed E-state index contributed by atoms with van der Waals surface area (Å²) in [6.45, 7) is 4.91. The van der Waals surface area contributed by atoms with Crippen LogP contribution in [0.1, 0.15) is 12.8 Å². The third-order valence-electron chi connectivity index (χ3n) is 5.68. The first-order valence-corrected chi connectivity index (χ1v) is 11.3. The molecule has 7 nitrogen and oxygen atoms in total. The lowest BCUT2D eigenvalue weighted by Crippen LogP contribution is -2.44. The van der Waals surface area contributed by atoms with Crippen LogP contribution in [-0.2, 0) is 4.79 Å².